The summed E-state index contributed by atoms with van der Waals surface area (Å²) < 4.78 is 44.8. The molecule has 0 amide bonds. The molecule has 0 heterocycles. The molecule has 1 saturated carbocycles. The Balaban J connectivity index is -0.00000110. The summed E-state index contributed by atoms with van der Waals surface area (Å²) >= 11 is 9.08. The van der Waals surface area contributed by atoms with Crippen LogP contribution in [0.5, 0.6) is 0 Å². The first kappa shape index (κ1) is 40.0. The predicted molar refractivity (Wildman–Crippen MR) is 136 cm³/mol. The summed E-state index contributed by atoms with van der Waals surface area (Å²) in [5.41, 5.74) is 2.58. The summed E-state index contributed by atoms with van der Waals surface area (Å²) in [5.74, 6) is 1.18. The minimum absolute atomic E-state index is 0.0756. The molecule has 38 heavy (non-hydrogen) atoms. The molecule has 8 heteroatoms. The second kappa shape index (κ2) is 24.8. The van der Waals surface area contributed by atoms with Crippen molar-refractivity contribution in [3.05, 3.63) is 110 Å². The van der Waals surface area contributed by atoms with Crippen molar-refractivity contribution >= 4 is 22.2 Å². The molecule has 2 aromatic rings. The number of ether oxygens (including phenoxy) is 1. The molecule has 1 fully saturated rings. The number of rotatable bonds is 6. The van der Waals surface area contributed by atoms with E-state index in [1.807, 2.05) is 30.3 Å². The van der Waals surface area contributed by atoms with Crippen molar-refractivity contribution in [2.75, 3.05) is 0 Å². The normalized spacial score (nSPS) is 17.3. The molecule has 0 saturated heterocycles. The van der Waals surface area contributed by atoms with E-state index in [-0.39, 0.29) is 11.5 Å². The Labute approximate surface area is 239 Å². The van der Waals surface area contributed by atoms with Gasteiger partial charge in [0.1, 0.15) is 0 Å². The van der Waals surface area contributed by atoms with Crippen LogP contribution in [0.2, 0.25) is 5.02 Å². The van der Waals surface area contributed by atoms with Gasteiger partial charge in [-0.2, -0.15) is 0 Å². The molecule has 2 aromatic carbocycles. The van der Waals surface area contributed by atoms with Crippen LogP contribution in [-0.2, 0) is 49.3 Å². The molecule has 198 valence electrons. The molecule has 0 N–H and O–H groups in total. The molecule has 0 bridgehead atoms. The molecule has 0 aromatic heterocycles. The first-order valence-electron chi connectivity index (χ1n) is 11.1. The summed E-state index contributed by atoms with van der Waals surface area (Å²) in [6.45, 7) is 29.6. The van der Waals surface area contributed by atoms with Gasteiger partial charge in [-0.1, -0.05) is 0 Å². The van der Waals surface area contributed by atoms with Crippen molar-refractivity contribution in [3.63, 3.8) is 0 Å². The van der Waals surface area contributed by atoms with Gasteiger partial charge in [0.05, 0.1) is 0 Å². The molecule has 0 radical (unpaired) electrons. The molecule has 1 aliphatic rings. The van der Waals surface area contributed by atoms with Gasteiger partial charge in [-0.3, -0.25) is 0 Å². The first-order chi connectivity index (χ1) is 18.4. The summed E-state index contributed by atoms with van der Waals surface area (Å²) in [5, 5.41) is 0.753. The van der Waals surface area contributed by atoms with Crippen molar-refractivity contribution in [2.24, 2.45) is 11.8 Å². The van der Waals surface area contributed by atoms with Gasteiger partial charge in [0, 0.05) is 0 Å². The van der Waals surface area contributed by atoms with Crippen molar-refractivity contribution in [2.45, 2.75) is 51.6 Å². The third-order valence-corrected chi connectivity index (χ3v) is 6.66. The Bertz CT molecular complexity index is 1000. The van der Waals surface area contributed by atoms with Crippen molar-refractivity contribution in [3.8, 4) is 0 Å². The fraction of sp³-hybridized carbons (Fsp3) is 0.333. The summed E-state index contributed by atoms with van der Waals surface area (Å²) in [4.78, 5) is 0. The Morgan fingerprint density at radius 3 is 1.87 bits per heavy atom. The number of hydrogen-bond acceptors (Lipinski definition) is 1. The fourth-order valence-corrected chi connectivity index (χ4v) is 4.72. The molecular weight excluding hydrogens is 544 g/mol. The second-order valence-corrected chi connectivity index (χ2v) is 9.54. The standard InChI is InChI=1S/C25H29ClO.5CO.Cr/c1-19-11-16-23(25(2,3)21-9-5-4-6-10-21)24(18-19)27-17-7-8-20-12-14-22(26)15-13-20;5*1-2;/h4-10,12-15,19,23-24H,11,16,18H2,1-3H3;;;;;;/b8-7+;;;;;;/t19-,23-,24-;;;;;;/m1....../s1. The van der Waals surface area contributed by atoms with E-state index < -0.39 is 0 Å². The van der Waals surface area contributed by atoms with Crippen molar-refractivity contribution in [1.82, 2.24) is 0 Å². The first-order valence-corrected chi connectivity index (χ1v) is 12.1. The van der Waals surface area contributed by atoms with Crippen LogP contribution in [0, 0.1) is 45.1 Å². The van der Waals surface area contributed by atoms with Crippen LogP contribution in [0.4, 0.5) is 0 Å². The molecule has 3 atom stereocenters. The summed E-state index contributed by atoms with van der Waals surface area (Å²) in [6, 6.07) is 18.7. The third-order valence-electron chi connectivity index (χ3n) is 6.05. The number of halogens is 1. The fourth-order valence-electron chi connectivity index (χ4n) is 4.29. The van der Waals surface area contributed by atoms with E-state index in [4.69, 9.17) is 39.6 Å². The van der Waals surface area contributed by atoms with Gasteiger partial charge >= 0.3 is 240 Å². The molecule has 1 aliphatic carbocycles. The van der Waals surface area contributed by atoms with Gasteiger partial charge in [0.25, 0.3) is 0 Å². The summed E-state index contributed by atoms with van der Waals surface area (Å²) in [7, 11) is 0. The van der Waals surface area contributed by atoms with E-state index in [2.05, 4.69) is 106 Å². The Morgan fingerprint density at radius 2 is 1.37 bits per heavy atom. The van der Waals surface area contributed by atoms with E-state index in [9.17, 15) is 0 Å². The maximum absolute atomic E-state index is 7.50. The second-order valence-electron chi connectivity index (χ2n) is 8.47. The zero-order valence-electron chi connectivity index (χ0n) is 21.4. The zero-order chi connectivity index (χ0) is 30.1. The topological polar surface area (TPSA) is 109 Å². The van der Waals surface area contributed by atoms with E-state index >= 15 is 0 Å². The van der Waals surface area contributed by atoms with Gasteiger partial charge in [-0.15, -0.1) is 0 Å². The molecule has 0 spiro atoms. The van der Waals surface area contributed by atoms with E-state index in [0.29, 0.717) is 11.8 Å². The molecular formula is C30H29ClCrO6. The van der Waals surface area contributed by atoms with Gasteiger partial charge in [-0.25, -0.2) is 0 Å². The Hall–Kier alpha value is -2.47. The van der Waals surface area contributed by atoms with Crippen molar-refractivity contribution in [1.29, 1.82) is 0 Å². The molecule has 0 aliphatic heterocycles. The van der Waals surface area contributed by atoms with Crippen LogP contribution in [-0.4, -0.2) is 10.7 Å². The number of benzene rings is 2. The van der Waals surface area contributed by atoms with Crippen molar-refractivity contribution < 1.29 is 43.8 Å². The Kier molecular flexibility index (Phi) is 26.2. The SMILES string of the molecule is C[C@@H]1CC[C@@H](C(C)(C)c2ccccc2)[C@H](O[C](=[Cr])/C=C/c2ccc(Cl)cc2)C1.[C-]#[O+].[C-]#[O+].[C-]#[O+].[C-]#[O+].[C-]#[O+]. The molecule has 3 rings (SSSR count). The van der Waals surface area contributed by atoms with Crippen LogP contribution >= 0.6 is 11.6 Å². The monoisotopic (exact) mass is 572 g/mol. The van der Waals surface area contributed by atoms with E-state index in [1.54, 1.807) is 0 Å². The minimum atomic E-state index is 0.0756. The average molecular weight is 573 g/mol. The zero-order valence-corrected chi connectivity index (χ0v) is 23.5. The van der Waals surface area contributed by atoms with Gasteiger partial charge in [0.2, 0.25) is 0 Å². The van der Waals surface area contributed by atoms with Gasteiger partial charge in [0.15, 0.2) is 0 Å². The van der Waals surface area contributed by atoms with E-state index in [1.165, 1.54) is 18.4 Å². The Morgan fingerprint density at radius 1 is 0.868 bits per heavy atom. The van der Waals surface area contributed by atoms with Gasteiger partial charge in [-0.05, 0) is 0 Å². The molecule has 6 nitrogen and oxygen atoms in total. The van der Waals surface area contributed by atoms with Crippen LogP contribution in [0.3, 0.4) is 0 Å². The van der Waals surface area contributed by atoms with Crippen LogP contribution in [0.15, 0.2) is 60.7 Å². The maximum atomic E-state index is 7.50. The van der Waals surface area contributed by atoms with Crippen LogP contribution in [0.1, 0.15) is 51.2 Å². The molecule has 0 unspecified atom stereocenters. The average Bonchev–Trinajstić information content (AvgIpc) is 2.98. The summed E-state index contributed by atoms with van der Waals surface area (Å²) in [6.07, 6.45) is 7.86. The predicted octanol–water partition coefficient (Wildman–Crippen LogP) is 6.64. The third kappa shape index (κ3) is 14.5. The van der Waals surface area contributed by atoms with E-state index in [0.717, 1.165) is 21.6 Å². The number of hydrogen-bond donors (Lipinski definition) is 0. The van der Waals surface area contributed by atoms with Crippen LogP contribution < -0.4 is 0 Å². The quantitative estimate of drug-likeness (QED) is 0.280. The van der Waals surface area contributed by atoms with Crippen LogP contribution in [0.25, 0.3) is 6.08 Å². The van der Waals surface area contributed by atoms with Gasteiger partial charge < -0.3 is 0 Å².